The molecule has 0 saturated carbocycles. The average Bonchev–Trinajstić information content (AvgIpc) is 3.17. The van der Waals surface area contributed by atoms with Crippen LogP contribution in [0.4, 0.5) is 0 Å². The van der Waals surface area contributed by atoms with Crippen molar-refractivity contribution in [2.75, 3.05) is 0 Å². The molecule has 0 bridgehead atoms. The second-order valence-electron chi connectivity index (χ2n) is 6.49. The van der Waals surface area contributed by atoms with Crippen molar-refractivity contribution in [3.63, 3.8) is 0 Å². The number of fused-ring (bicyclic) bond motifs is 3. The van der Waals surface area contributed by atoms with E-state index in [1.807, 2.05) is 44.2 Å². The summed E-state index contributed by atoms with van der Waals surface area (Å²) in [6.07, 6.45) is 1.61. The Kier molecular flexibility index (Phi) is 4.24. The maximum Gasteiger partial charge on any atom is 0.277 e. The number of carbonyl (C=O) groups is 1. The van der Waals surface area contributed by atoms with Gasteiger partial charge < -0.3 is 9.88 Å². The highest BCUT2D eigenvalue weighted by atomic mass is 16.1. The predicted octanol–water partition coefficient (Wildman–Crippen LogP) is 2.91. The summed E-state index contributed by atoms with van der Waals surface area (Å²) in [5.41, 5.74) is 4.65. The summed E-state index contributed by atoms with van der Waals surface area (Å²) in [4.78, 5) is 25.3. The van der Waals surface area contributed by atoms with Gasteiger partial charge in [0, 0.05) is 18.7 Å². The van der Waals surface area contributed by atoms with Crippen LogP contribution in [-0.4, -0.2) is 20.1 Å². The molecule has 6 nitrogen and oxygen atoms in total. The third kappa shape index (κ3) is 2.89. The van der Waals surface area contributed by atoms with Gasteiger partial charge in [0.1, 0.15) is 5.52 Å². The molecule has 0 aliphatic rings. The predicted molar refractivity (Wildman–Crippen MR) is 105 cm³/mol. The number of hydrogen-bond donors (Lipinski definition) is 1. The zero-order valence-electron chi connectivity index (χ0n) is 15.3. The van der Waals surface area contributed by atoms with Crippen LogP contribution in [0.3, 0.4) is 0 Å². The summed E-state index contributed by atoms with van der Waals surface area (Å²) in [6.45, 7) is 4.92. The van der Waals surface area contributed by atoms with Crippen LogP contribution in [-0.2, 0) is 13.1 Å². The molecule has 0 radical (unpaired) electrons. The number of aromatic nitrogens is 3. The van der Waals surface area contributed by atoms with E-state index in [0.717, 1.165) is 16.6 Å². The molecule has 4 rings (SSSR count). The number of hydrogen-bond acceptors (Lipinski definition) is 3. The molecule has 0 aliphatic heterocycles. The Balaban J connectivity index is 1.72. The van der Waals surface area contributed by atoms with E-state index in [1.54, 1.807) is 33.5 Å². The molecule has 136 valence electrons. The Morgan fingerprint density at radius 3 is 2.67 bits per heavy atom. The quantitative estimate of drug-likeness (QED) is 0.608. The number of carbonyl (C=O) groups excluding carboxylic acids is 1. The van der Waals surface area contributed by atoms with Gasteiger partial charge in [-0.1, -0.05) is 24.3 Å². The highest BCUT2D eigenvalue weighted by Gasteiger charge is 2.13. The Labute approximate surface area is 156 Å². The maximum absolute atomic E-state index is 12.7. The molecular formula is C21H20N4O2. The Morgan fingerprint density at radius 2 is 1.89 bits per heavy atom. The van der Waals surface area contributed by atoms with Crippen molar-refractivity contribution in [2.24, 2.45) is 0 Å². The number of rotatable bonds is 4. The molecule has 0 unspecified atom stereocenters. The lowest BCUT2D eigenvalue weighted by atomic mass is 10.1. The lowest BCUT2D eigenvalue weighted by Gasteiger charge is -2.12. The molecule has 0 fully saturated rings. The van der Waals surface area contributed by atoms with E-state index in [2.05, 4.69) is 10.4 Å². The second kappa shape index (κ2) is 6.72. The van der Waals surface area contributed by atoms with Gasteiger partial charge in [-0.05, 0) is 49.2 Å². The van der Waals surface area contributed by atoms with Gasteiger partial charge in [-0.15, -0.1) is 0 Å². The zero-order chi connectivity index (χ0) is 19.0. The second-order valence-corrected chi connectivity index (χ2v) is 6.49. The molecule has 6 heteroatoms. The SMILES string of the molecule is CCn1c(=O)c2ccnn2c2ccc(C(=O)NCc3ccccc3C)cc21. The first kappa shape index (κ1) is 17.0. The molecular weight excluding hydrogens is 340 g/mol. The first-order chi connectivity index (χ1) is 13.1. The number of amides is 1. The van der Waals surface area contributed by atoms with Crippen LogP contribution in [0.2, 0.25) is 0 Å². The molecule has 0 aliphatic carbocycles. The first-order valence-corrected chi connectivity index (χ1v) is 8.93. The first-order valence-electron chi connectivity index (χ1n) is 8.93. The molecule has 2 aromatic heterocycles. The van der Waals surface area contributed by atoms with Gasteiger partial charge >= 0.3 is 0 Å². The minimum atomic E-state index is -0.171. The fourth-order valence-corrected chi connectivity index (χ4v) is 3.36. The third-order valence-corrected chi connectivity index (χ3v) is 4.88. The Morgan fingerprint density at radius 1 is 1.07 bits per heavy atom. The smallest absolute Gasteiger partial charge is 0.277 e. The van der Waals surface area contributed by atoms with Crippen LogP contribution >= 0.6 is 0 Å². The lowest BCUT2D eigenvalue weighted by Crippen LogP contribution is -2.25. The van der Waals surface area contributed by atoms with Crippen molar-refractivity contribution in [2.45, 2.75) is 26.9 Å². The number of nitrogens with one attached hydrogen (secondary N) is 1. The summed E-state index contributed by atoms with van der Waals surface area (Å²) in [5.74, 6) is -0.171. The highest BCUT2D eigenvalue weighted by Crippen LogP contribution is 2.17. The minimum Gasteiger partial charge on any atom is -0.348 e. The van der Waals surface area contributed by atoms with Crippen molar-refractivity contribution in [3.05, 3.63) is 81.8 Å². The van der Waals surface area contributed by atoms with E-state index in [0.29, 0.717) is 29.7 Å². The summed E-state index contributed by atoms with van der Waals surface area (Å²) in [6, 6.07) is 15.0. The third-order valence-electron chi connectivity index (χ3n) is 4.88. The molecule has 0 spiro atoms. The largest absolute Gasteiger partial charge is 0.348 e. The molecule has 1 N–H and O–H groups in total. The molecule has 0 atom stereocenters. The highest BCUT2D eigenvalue weighted by molar-refractivity contribution is 5.97. The van der Waals surface area contributed by atoms with Crippen molar-refractivity contribution >= 4 is 22.5 Å². The van der Waals surface area contributed by atoms with E-state index >= 15 is 0 Å². The van der Waals surface area contributed by atoms with Crippen LogP contribution in [0.15, 0.2) is 59.5 Å². The van der Waals surface area contributed by atoms with E-state index < -0.39 is 0 Å². The minimum absolute atomic E-state index is 0.111. The normalized spacial score (nSPS) is 11.2. The molecule has 27 heavy (non-hydrogen) atoms. The van der Waals surface area contributed by atoms with Gasteiger partial charge in [0.25, 0.3) is 11.5 Å². The summed E-state index contributed by atoms with van der Waals surface area (Å²) in [7, 11) is 0. The molecule has 4 aromatic rings. The van der Waals surface area contributed by atoms with Gasteiger partial charge in [-0.3, -0.25) is 9.59 Å². The number of aryl methyl sites for hydroxylation is 2. The van der Waals surface area contributed by atoms with E-state index in [9.17, 15) is 9.59 Å². The molecule has 2 aromatic carbocycles. The Hall–Kier alpha value is -3.41. The van der Waals surface area contributed by atoms with Crippen LogP contribution in [0, 0.1) is 6.92 Å². The lowest BCUT2D eigenvalue weighted by molar-refractivity contribution is 0.0951. The van der Waals surface area contributed by atoms with Gasteiger partial charge in [-0.2, -0.15) is 5.10 Å². The van der Waals surface area contributed by atoms with Crippen LogP contribution in [0.1, 0.15) is 28.4 Å². The van der Waals surface area contributed by atoms with Gasteiger partial charge in [0.15, 0.2) is 0 Å². The molecule has 0 saturated heterocycles. The van der Waals surface area contributed by atoms with Crippen LogP contribution in [0.25, 0.3) is 16.6 Å². The summed E-state index contributed by atoms with van der Waals surface area (Å²) >= 11 is 0. The Bertz CT molecular complexity index is 1220. The summed E-state index contributed by atoms with van der Waals surface area (Å²) in [5, 5.41) is 7.20. The summed E-state index contributed by atoms with van der Waals surface area (Å²) < 4.78 is 3.29. The zero-order valence-corrected chi connectivity index (χ0v) is 15.3. The average molecular weight is 360 g/mol. The van der Waals surface area contributed by atoms with Crippen LogP contribution < -0.4 is 10.9 Å². The van der Waals surface area contributed by atoms with Crippen LogP contribution in [0.5, 0.6) is 0 Å². The topological polar surface area (TPSA) is 68.4 Å². The molecule has 1 amide bonds. The van der Waals surface area contributed by atoms with E-state index in [-0.39, 0.29) is 11.5 Å². The maximum atomic E-state index is 12.7. The fourth-order valence-electron chi connectivity index (χ4n) is 3.36. The monoisotopic (exact) mass is 360 g/mol. The number of nitrogens with zero attached hydrogens (tertiary/aromatic N) is 3. The van der Waals surface area contributed by atoms with Gasteiger partial charge in [-0.25, -0.2) is 4.52 Å². The number of benzene rings is 2. The molecule has 2 heterocycles. The van der Waals surface area contributed by atoms with Crippen molar-refractivity contribution in [1.82, 2.24) is 19.5 Å². The van der Waals surface area contributed by atoms with E-state index in [1.165, 1.54) is 0 Å². The van der Waals surface area contributed by atoms with Gasteiger partial charge in [0.2, 0.25) is 0 Å². The van der Waals surface area contributed by atoms with Crippen molar-refractivity contribution in [3.8, 4) is 0 Å². The standard InChI is InChI=1S/C21H20N4O2/c1-3-24-19-12-15(20(26)22-13-16-7-5-4-6-14(16)2)8-9-17(19)25-18(21(24)27)10-11-23-25/h4-12H,3,13H2,1-2H3,(H,22,26). The van der Waals surface area contributed by atoms with Gasteiger partial charge in [0.05, 0.1) is 17.2 Å². The van der Waals surface area contributed by atoms with E-state index in [4.69, 9.17) is 0 Å². The van der Waals surface area contributed by atoms with Crippen molar-refractivity contribution in [1.29, 1.82) is 0 Å². The van der Waals surface area contributed by atoms with Crippen molar-refractivity contribution < 1.29 is 4.79 Å². The fraction of sp³-hybridized carbons (Fsp3) is 0.190.